The molecule has 1 N–H and O–H groups in total. The fourth-order valence-electron chi connectivity index (χ4n) is 4.30. The molecular weight excluding hydrogens is 358 g/mol. The first-order valence-corrected chi connectivity index (χ1v) is 9.96. The number of anilines is 1. The second-order valence-corrected chi connectivity index (χ2v) is 7.86. The molecule has 1 atom stereocenters. The van der Waals surface area contributed by atoms with Crippen LogP contribution in [-0.2, 0) is 18.9 Å². The van der Waals surface area contributed by atoms with Crippen LogP contribution in [0.15, 0.2) is 23.0 Å². The lowest BCUT2D eigenvalue weighted by molar-refractivity contribution is -0.121. The Morgan fingerprint density at radius 1 is 0.964 bits per heavy atom. The number of hydrogen-bond donors (Lipinski definition) is 1. The normalized spacial score (nSPS) is 20.0. The van der Waals surface area contributed by atoms with Gasteiger partial charge in [0, 0.05) is 46.0 Å². The number of imidazole rings is 1. The second kappa shape index (κ2) is 7.33. The van der Waals surface area contributed by atoms with Crippen molar-refractivity contribution in [3.05, 3.63) is 28.7 Å². The Morgan fingerprint density at radius 2 is 1.64 bits per heavy atom. The van der Waals surface area contributed by atoms with Gasteiger partial charge in [0.1, 0.15) is 0 Å². The van der Waals surface area contributed by atoms with E-state index in [1.165, 1.54) is 0 Å². The number of hydrogen-bond acceptors (Lipinski definition) is 3. The molecule has 8 nitrogen and oxygen atoms in total. The molecule has 8 heteroatoms. The molecular formula is C20H27N5O3. The van der Waals surface area contributed by atoms with Gasteiger partial charge >= 0.3 is 11.7 Å². The maximum Gasteiger partial charge on any atom is 0.328 e. The van der Waals surface area contributed by atoms with Crippen molar-refractivity contribution in [1.29, 1.82) is 0 Å². The van der Waals surface area contributed by atoms with Crippen LogP contribution >= 0.6 is 0 Å². The zero-order valence-corrected chi connectivity index (χ0v) is 16.5. The number of carbonyl (C=O) groups is 2. The maximum absolute atomic E-state index is 12.8. The van der Waals surface area contributed by atoms with E-state index in [4.69, 9.17) is 0 Å². The van der Waals surface area contributed by atoms with Gasteiger partial charge in [0.2, 0.25) is 5.91 Å². The molecule has 0 bridgehead atoms. The number of piperidine rings is 1. The van der Waals surface area contributed by atoms with Gasteiger partial charge in [-0.25, -0.2) is 9.59 Å². The van der Waals surface area contributed by atoms with Gasteiger partial charge in [0.15, 0.2) is 0 Å². The summed E-state index contributed by atoms with van der Waals surface area (Å²) in [6.07, 6.45) is 3.74. The standard InChI is InChI=1S/C20H27N5O3/c1-22-16-8-7-15(12-17(16)23(2)19(22)27)21-18(26)14-6-5-11-25(13-14)20(28)24-9-3-4-10-24/h7-8,12,14H,3-6,9-11,13H2,1-2H3,(H,21,26). The van der Waals surface area contributed by atoms with Crippen LogP contribution in [0.2, 0.25) is 0 Å². The van der Waals surface area contributed by atoms with E-state index in [0.717, 1.165) is 56.4 Å². The van der Waals surface area contributed by atoms with Gasteiger partial charge in [0.05, 0.1) is 17.0 Å². The van der Waals surface area contributed by atoms with E-state index in [-0.39, 0.29) is 23.5 Å². The minimum absolute atomic E-state index is 0.0655. The summed E-state index contributed by atoms with van der Waals surface area (Å²) in [6.45, 7) is 2.83. The molecule has 2 aliphatic rings. The highest BCUT2D eigenvalue weighted by Crippen LogP contribution is 2.23. The molecule has 2 saturated heterocycles. The predicted octanol–water partition coefficient (Wildman–Crippen LogP) is 1.74. The van der Waals surface area contributed by atoms with Crippen LogP contribution in [0.1, 0.15) is 25.7 Å². The third-order valence-corrected chi connectivity index (χ3v) is 5.98. The van der Waals surface area contributed by atoms with Gasteiger partial charge in [0.25, 0.3) is 0 Å². The van der Waals surface area contributed by atoms with Crippen molar-refractivity contribution in [3.8, 4) is 0 Å². The molecule has 0 aliphatic carbocycles. The first-order valence-electron chi connectivity index (χ1n) is 9.96. The third-order valence-electron chi connectivity index (χ3n) is 5.98. The number of fused-ring (bicyclic) bond motifs is 1. The largest absolute Gasteiger partial charge is 0.328 e. The smallest absolute Gasteiger partial charge is 0.326 e. The van der Waals surface area contributed by atoms with Crippen LogP contribution in [-0.4, -0.2) is 57.1 Å². The molecule has 28 heavy (non-hydrogen) atoms. The number of aromatic nitrogens is 2. The fraction of sp³-hybridized carbons (Fsp3) is 0.550. The Hall–Kier alpha value is -2.77. The monoisotopic (exact) mass is 385 g/mol. The number of likely N-dealkylation sites (tertiary alicyclic amines) is 2. The average Bonchev–Trinajstić information content (AvgIpc) is 3.32. The summed E-state index contributed by atoms with van der Waals surface area (Å²) < 4.78 is 3.16. The van der Waals surface area contributed by atoms with E-state index < -0.39 is 0 Å². The van der Waals surface area contributed by atoms with E-state index >= 15 is 0 Å². The zero-order valence-electron chi connectivity index (χ0n) is 16.5. The molecule has 4 rings (SSSR count). The molecule has 1 aromatic carbocycles. The quantitative estimate of drug-likeness (QED) is 0.855. The number of aryl methyl sites for hydroxylation is 2. The molecule has 2 aromatic rings. The van der Waals surface area contributed by atoms with E-state index in [0.29, 0.717) is 12.2 Å². The van der Waals surface area contributed by atoms with Gasteiger partial charge < -0.3 is 15.1 Å². The predicted molar refractivity (Wildman–Crippen MR) is 107 cm³/mol. The van der Waals surface area contributed by atoms with Gasteiger partial charge in [-0.15, -0.1) is 0 Å². The van der Waals surface area contributed by atoms with Crippen LogP contribution in [0.25, 0.3) is 11.0 Å². The summed E-state index contributed by atoms with van der Waals surface area (Å²) in [5.41, 5.74) is 2.17. The Morgan fingerprint density at radius 3 is 2.39 bits per heavy atom. The Bertz CT molecular complexity index is 970. The summed E-state index contributed by atoms with van der Waals surface area (Å²) in [6, 6.07) is 5.55. The highest BCUT2D eigenvalue weighted by molar-refractivity contribution is 5.95. The average molecular weight is 385 g/mol. The summed E-state index contributed by atoms with van der Waals surface area (Å²) in [5.74, 6) is -0.283. The van der Waals surface area contributed by atoms with Crippen molar-refractivity contribution >= 4 is 28.7 Å². The number of nitrogens with one attached hydrogen (secondary N) is 1. The van der Waals surface area contributed by atoms with Crippen molar-refractivity contribution in [2.75, 3.05) is 31.5 Å². The first-order chi connectivity index (χ1) is 13.5. The molecule has 3 heterocycles. The zero-order chi connectivity index (χ0) is 19.8. The van der Waals surface area contributed by atoms with Gasteiger partial charge in [-0.1, -0.05) is 0 Å². The molecule has 0 spiro atoms. The molecule has 0 saturated carbocycles. The minimum Gasteiger partial charge on any atom is -0.326 e. The third kappa shape index (κ3) is 3.27. The Balaban J connectivity index is 1.45. The van der Waals surface area contributed by atoms with Crippen LogP contribution in [0.5, 0.6) is 0 Å². The van der Waals surface area contributed by atoms with Crippen LogP contribution in [0, 0.1) is 5.92 Å². The van der Waals surface area contributed by atoms with Crippen molar-refractivity contribution in [3.63, 3.8) is 0 Å². The molecule has 3 amide bonds. The maximum atomic E-state index is 12.8. The number of benzene rings is 1. The van der Waals surface area contributed by atoms with Crippen molar-refractivity contribution in [2.45, 2.75) is 25.7 Å². The van der Waals surface area contributed by atoms with E-state index in [1.807, 2.05) is 28.0 Å². The molecule has 0 radical (unpaired) electrons. The van der Waals surface area contributed by atoms with Crippen LogP contribution in [0.3, 0.4) is 0 Å². The lowest BCUT2D eigenvalue weighted by Crippen LogP contribution is -2.48. The Labute approximate surface area is 163 Å². The van der Waals surface area contributed by atoms with Crippen molar-refractivity contribution in [2.24, 2.45) is 20.0 Å². The summed E-state index contributed by atoms with van der Waals surface area (Å²) in [7, 11) is 3.45. The summed E-state index contributed by atoms with van der Waals surface area (Å²) in [4.78, 5) is 41.2. The highest BCUT2D eigenvalue weighted by atomic mass is 16.2. The lowest BCUT2D eigenvalue weighted by atomic mass is 9.97. The van der Waals surface area contributed by atoms with Crippen LogP contribution in [0.4, 0.5) is 10.5 Å². The SMILES string of the molecule is Cn1c(=O)n(C)c2cc(NC(=O)C3CCCN(C(=O)N4CCCC4)C3)ccc21. The van der Waals surface area contributed by atoms with Gasteiger partial charge in [-0.3, -0.25) is 13.9 Å². The lowest BCUT2D eigenvalue weighted by Gasteiger charge is -2.34. The molecule has 150 valence electrons. The highest BCUT2D eigenvalue weighted by Gasteiger charge is 2.31. The van der Waals surface area contributed by atoms with Crippen LogP contribution < -0.4 is 11.0 Å². The van der Waals surface area contributed by atoms with Crippen molar-refractivity contribution < 1.29 is 9.59 Å². The second-order valence-electron chi connectivity index (χ2n) is 7.86. The van der Waals surface area contributed by atoms with E-state index in [2.05, 4.69) is 5.32 Å². The van der Waals surface area contributed by atoms with E-state index in [9.17, 15) is 14.4 Å². The molecule has 2 fully saturated rings. The summed E-state index contributed by atoms with van der Waals surface area (Å²) >= 11 is 0. The molecule has 1 unspecified atom stereocenters. The number of nitrogens with zero attached hydrogens (tertiary/aromatic N) is 4. The topological polar surface area (TPSA) is 79.6 Å². The number of amides is 3. The van der Waals surface area contributed by atoms with Gasteiger partial charge in [-0.05, 0) is 43.9 Å². The fourth-order valence-corrected chi connectivity index (χ4v) is 4.30. The number of rotatable bonds is 2. The molecule has 1 aromatic heterocycles. The van der Waals surface area contributed by atoms with E-state index in [1.54, 1.807) is 23.2 Å². The number of urea groups is 1. The van der Waals surface area contributed by atoms with Crippen molar-refractivity contribution in [1.82, 2.24) is 18.9 Å². The molecule has 2 aliphatic heterocycles. The summed E-state index contributed by atoms with van der Waals surface area (Å²) in [5, 5.41) is 2.97. The minimum atomic E-state index is -0.212. The first kappa shape index (κ1) is 18.6. The van der Waals surface area contributed by atoms with Gasteiger partial charge in [-0.2, -0.15) is 0 Å². The Kier molecular flexibility index (Phi) is 4.87. The number of carbonyl (C=O) groups excluding carboxylic acids is 2.